The summed E-state index contributed by atoms with van der Waals surface area (Å²) in [5.74, 6) is -3.02. The number of benzene rings is 2. The molecule has 0 aliphatic rings. The molecule has 0 spiro atoms. The van der Waals surface area contributed by atoms with Crippen LogP contribution in [0.25, 0.3) is 0 Å². The number of hydrogen-bond acceptors (Lipinski definition) is 9. The normalized spacial score (nSPS) is 13.9. The van der Waals surface area contributed by atoms with Crippen molar-refractivity contribution in [3.63, 3.8) is 0 Å². The van der Waals surface area contributed by atoms with Crippen LogP contribution in [0.4, 0.5) is 0 Å². The molecule has 0 aliphatic carbocycles. The highest BCUT2D eigenvalue weighted by atomic mass is 32.2. The van der Waals surface area contributed by atoms with Gasteiger partial charge in [0, 0.05) is 6.42 Å². The van der Waals surface area contributed by atoms with Gasteiger partial charge in [-0.1, -0.05) is 24.3 Å². The highest BCUT2D eigenvalue weighted by molar-refractivity contribution is 7.98. The molecule has 0 bridgehead atoms. The molecular formula is C26H34N4O8S. The molecule has 212 valence electrons. The van der Waals surface area contributed by atoms with Crippen LogP contribution >= 0.6 is 11.8 Å². The number of carboxylic acid groups (broad SMARTS) is 1. The second kappa shape index (κ2) is 15.6. The molecule has 3 amide bonds. The molecule has 0 aliphatic heterocycles. The van der Waals surface area contributed by atoms with E-state index in [1.54, 1.807) is 12.1 Å². The number of aliphatic carboxylic acids is 1. The average molecular weight is 563 g/mol. The predicted molar refractivity (Wildman–Crippen MR) is 145 cm³/mol. The van der Waals surface area contributed by atoms with Gasteiger partial charge in [-0.3, -0.25) is 14.4 Å². The minimum atomic E-state index is -1.47. The molecule has 39 heavy (non-hydrogen) atoms. The van der Waals surface area contributed by atoms with Crippen molar-refractivity contribution in [3.05, 3.63) is 59.7 Å². The third kappa shape index (κ3) is 10.5. The number of nitrogens with one attached hydrogen (secondary N) is 3. The van der Waals surface area contributed by atoms with Crippen LogP contribution in [0.5, 0.6) is 11.5 Å². The number of nitrogens with two attached hydrogens (primary N) is 1. The molecule has 0 fully saturated rings. The Morgan fingerprint density at radius 1 is 0.769 bits per heavy atom. The van der Waals surface area contributed by atoms with Crippen LogP contribution < -0.4 is 21.7 Å². The van der Waals surface area contributed by atoms with E-state index in [0.717, 1.165) is 0 Å². The van der Waals surface area contributed by atoms with Crippen LogP contribution in [0, 0.1) is 0 Å². The maximum absolute atomic E-state index is 13.0. The second-order valence-corrected chi connectivity index (χ2v) is 9.82. The molecule has 0 aromatic heterocycles. The number of phenols is 2. The lowest BCUT2D eigenvalue weighted by Gasteiger charge is -2.24. The van der Waals surface area contributed by atoms with Crippen LogP contribution in [-0.4, -0.2) is 86.9 Å². The van der Waals surface area contributed by atoms with Gasteiger partial charge in [0.25, 0.3) is 0 Å². The fraction of sp³-hybridized carbons (Fsp3) is 0.385. The van der Waals surface area contributed by atoms with Gasteiger partial charge in [0.15, 0.2) is 0 Å². The van der Waals surface area contributed by atoms with Crippen LogP contribution in [0.2, 0.25) is 0 Å². The van der Waals surface area contributed by atoms with E-state index in [9.17, 15) is 39.6 Å². The Morgan fingerprint density at radius 3 is 1.72 bits per heavy atom. The number of rotatable bonds is 15. The molecule has 12 nitrogen and oxygen atoms in total. The van der Waals surface area contributed by atoms with Crippen LogP contribution in [0.15, 0.2) is 48.5 Å². The van der Waals surface area contributed by atoms with Gasteiger partial charge in [-0.2, -0.15) is 11.8 Å². The fourth-order valence-electron chi connectivity index (χ4n) is 3.57. The SMILES string of the molecule is CSCCC(NC(=O)C(N)Cc1ccc(O)cc1)C(=O)NC(CO)C(=O)NC(Cc1ccc(O)cc1)C(=O)O. The first-order valence-corrected chi connectivity index (χ1v) is 13.5. The maximum Gasteiger partial charge on any atom is 0.326 e. The lowest BCUT2D eigenvalue weighted by molar-refractivity contribution is -0.142. The first-order chi connectivity index (χ1) is 18.5. The quantitative estimate of drug-likeness (QED) is 0.139. The molecule has 2 rings (SSSR count). The largest absolute Gasteiger partial charge is 0.508 e. The van der Waals surface area contributed by atoms with Crippen LogP contribution in [0.3, 0.4) is 0 Å². The zero-order valence-electron chi connectivity index (χ0n) is 21.4. The van der Waals surface area contributed by atoms with Gasteiger partial charge in [-0.25, -0.2) is 4.79 Å². The Kier molecular flexibility index (Phi) is 12.5. The summed E-state index contributed by atoms with van der Waals surface area (Å²) in [7, 11) is 0. The van der Waals surface area contributed by atoms with Crippen molar-refractivity contribution in [1.29, 1.82) is 0 Å². The summed E-state index contributed by atoms with van der Waals surface area (Å²) in [6.45, 7) is -0.813. The Bertz CT molecular complexity index is 1110. The molecular weight excluding hydrogens is 528 g/mol. The zero-order valence-corrected chi connectivity index (χ0v) is 22.2. The van der Waals surface area contributed by atoms with Crippen molar-refractivity contribution in [2.75, 3.05) is 18.6 Å². The summed E-state index contributed by atoms with van der Waals surface area (Å²) in [6, 6.07) is 7.06. The number of hydrogen-bond donors (Lipinski definition) is 8. The monoisotopic (exact) mass is 562 g/mol. The minimum absolute atomic E-state index is 0.00199. The van der Waals surface area contributed by atoms with Crippen molar-refractivity contribution < 1.29 is 39.6 Å². The summed E-state index contributed by atoms with van der Waals surface area (Å²) >= 11 is 1.44. The first kappa shape index (κ1) is 31.4. The number of amides is 3. The molecule has 0 heterocycles. The third-order valence-electron chi connectivity index (χ3n) is 5.78. The fourth-order valence-corrected chi connectivity index (χ4v) is 4.04. The Morgan fingerprint density at radius 2 is 1.23 bits per heavy atom. The van der Waals surface area contributed by atoms with Gasteiger partial charge in [0.1, 0.15) is 29.6 Å². The van der Waals surface area contributed by atoms with E-state index in [1.807, 2.05) is 6.26 Å². The van der Waals surface area contributed by atoms with E-state index < -0.39 is 54.5 Å². The number of carbonyl (C=O) groups is 4. The summed E-state index contributed by atoms with van der Waals surface area (Å²) in [6.07, 6.45) is 2.08. The standard InChI is InChI=1S/C26H34N4O8S/c1-39-11-10-20(28-23(34)19(27)12-15-2-6-17(32)7-3-15)24(35)30-22(14-31)25(36)29-21(26(37)38)13-16-4-8-18(33)9-5-16/h2-9,19-22,31-33H,10-14,27H2,1H3,(H,28,34)(H,29,36)(H,30,35)(H,37,38). The van der Waals surface area contributed by atoms with E-state index in [2.05, 4.69) is 16.0 Å². The van der Waals surface area contributed by atoms with Crippen LogP contribution in [0.1, 0.15) is 17.5 Å². The van der Waals surface area contributed by atoms with Gasteiger partial charge in [0.05, 0.1) is 12.6 Å². The second-order valence-electron chi connectivity index (χ2n) is 8.83. The Hall–Kier alpha value is -3.81. The lowest BCUT2D eigenvalue weighted by Crippen LogP contribution is -2.58. The van der Waals surface area contributed by atoms with Gasteiger partial charge in [0.2, 0.25) is 17.7 Å². The topological polar surface area (TPSA) is 211 Å². The van der Waals surface area contributed by atoms with Crippen molar-refractivity contribution >= 4 is 35.5 Å². The highest BCUT2D eigenvalue weighted by Crippen LogP contribution is 2.13. The van der Waals surface area contributed by atoms with Crippen LogP contribution in [-0.2, 0) is 32.0 Å². The first-order valence-electron chi connectivity index (χ1n) is 12.1. The summed E-state index contributed by atoms with van der Waals surface area (Å²) < 4.78 is 0. The van der Waals surface area contributed by atoms with Crippen molar-refractivity contribution in [2.45, 2.75) is 43.4 Å². The lowest BCUT2D eigenvalue weighted by atomic mass is 10.0. The van der Waals surface area contributed by atoms with Gasteiger partial charge in [-0.15, -0.1) is 0 Å². The minimum Gasteiger partial charge on any atom is -0.508 e. The molecule has 0 radical (unpaired) electrons. The van der Waals surface area contributed by atoms with Gasteiger partial charge in [-0.05, 0) is 60.2 Å². The predicted octanol–water partition coefficient (Wildman–Crippen LogP) is -0.505. The number of carbonyl (C=O) groups excluding carboxylic acids is 3. The van der Waals surface area contributed by atoms with E-state index in [0.29, 0.717) is 16.9 Å². The maximum atomic E-state index is 13.0. The molecule has 0 saturated heterocycles. The van der Waals surface area contributed by atoms with Crippen molar-refractivity contribution in [2.24, 2.45) is 5.73 Å². The molecule has 2 aromatic carbocycles. The molecule has 4 unspecified atom stereocenters. The molecule has 13 heteroatoms. The number of thioether (sulfide) groups is 1. The summed E-state index contributed by atoms with van der Waals surface area (Å²) in [5.41, 5.74) is 7.25. The molecule has 2 aromatic rings. The van der Waals surface area contributed by atoms with E-state index >= 15 is 0 Å². The summed E-state index contributed by atoms with van der Waals surface area (Å²) in [4.78, 5) is 50.2. The van der Waals surface area contributed by atoms with E-state index in [1.165, 1.54) is 48.2 Å². The highest BCUT2D eigenvalue weighted by Gasteiger charge is 2.30. The Labute approximate surface area is 230 Å². The van der Waals surface area contributed by atoms with E-state index in [4.69, 9.17) is 5.73 Å². The molecule has 0 saturated carbocycles. The number of carboxylic acids is 1. The zero-order chi connectivity index (χ0) is 28.9. The number of aromatic hydroxyl groups is 2. The number of aliphatic hydroxyl groups excluding tert-OH is 1. The molecule has 4 atom stereocenters. The van der Waals surface area contributed by atoms with E-state index in [-0.39, 0.29) is 30.8 Å². The Balaban J connectivity index is 2.03. The smallest absolute Gasteiger partial charge is 0.326 e. The van der Waals surface area contributed by atoms with Crippen molar-refractivity contribution in [3.8, 4) is 11.5 Å². The average Bonchev–Trinajstić information content (AvgIpc) is 2.91. The number of phenolic OH excluding ortho intramolecular Hbond substituents is 2. The number of aliphatic hydroxyl groups is 1. The van der Waals surface area contributed by atoms with Gasteiger partial charge >= 0.3 is 5.97 Å². The molecule has 9 N–H and O–H groups in total. The van der Waals surface area contributed by atoms with Gasteiger partial charge < -0.3 is 42.1 Å². The summed E-state index contributed by atoms with van der Waals surface area (Å²) in [5, 5.41) is 45.3. The van der Waals surface area contributed by atoms with Crippen molar-refractivity contribution in [1.82, 2.24) is 16.0 Å². The third-order valence-corrected chi connectivity index (χ3v) is 6.42.